The predicted molar refractivity (Wildman–Crippen MR) is 67.5 cm³/mol. The predicted octanol–water partition coefficient (Wildman–Crippen LogP) is -0.517. The van der Waals surface area contributed by atoms with Crippen molar-refractivity contribution in [2.45, 2.75) is 6.42 Å². The maximum absolute atomic E-state index is 11.8. The van der Waals surface area contributed by atoms with Crippen LogP contribution in [0.15, 0.2) is 6.20 Å². The number of nitrogens with two attached hydrogens (primary N) is 1. The van der Waals surface area contributed by atoms with E-state index >= 15 is 0 Å². The zero-order valence-corrected chi connectivity index (χ0v) is 11.3. The highest BCUT2D eigenvalue weighted by Crippen LogP contribution is 2.29. The minimum atomic E-state index is -3.63. The second-order valence-electron chi connectivity index (χ2n) is 4.22. The highest BCUT2D eigenvalue weighted by molar-refractivity contribution is 7.89. The Morgan fingerprint density at radius 3 is 2.84 bits per heavy atom. The van der Waals surface area contributed by atoms with Crippen molar-refractivity contribution >= 4 is 38.4 Å². The van der Waals surface area contributed by atoms with Crippen LogP contribution < -0.4 is 10.0 Å². The third kappa shape index (κ3) is 3.28. The summed E-state index contributed by atoms with van der Waals surface area (Å²) in [5, 5.41) is 14.0. The van der Waals surface area contributed by atoms with E-state index in [0.29, 0.717) is 0 Å². The Bertz CT molecular complexity index is 624. The van der Waals surface area contributed by atoms with E-state index in [0.717, 1.165) is 11.3 Å². The number of hydrogen-bond donors (Lipinski definition) is 2. The molecular formula is C9H11N3O5S2. The Hall–Kier alpha value is -1.52. The molecule has 1 aliphatic heterocycles. The number of rotatable bonds is 4. The summed E-state index contributed by atoms with van der Waals surface area (Å²) in [6, 6.07) is 0. The highest BCUT2D eigenvalue weighted by atomic mass is 32.2. The van der Waals surface area contributed by atoms with Crippen LogP contribution in [-0.4, -0.2) is 42.7 Å². The molecule has 2 heterocycles. The number of thiazole rings is 1. The van der Waals surface area contributed by atoms with Crippen molar-refractivity contribution in [2.24, 2.45) is 11.1 Å². The third-order valence-corrected chi connectivity index (χ3v) is 4.55. The number of anilines is 1. The average Bonchev–Trinajstić information content (AvgIpc) is 2.82. The molecule has 0 aromatic carbocycles. The molecule has 1 aromatic rings. The topological polar surface area (TPSA) is 131 Å². The number of hydrogen-bond acceptors (Lipinski definition) is 6. The molecule has 0 radical (unpaired) electrons. The van der Waals surface area contributed by atoms with Crippen LogP contribution >= 0.6 is 11.3 Å². The first-order valence-electron chi connectivity index (χ1n) is 5.26. The van der Waals surface area contributed by atoms with Crippen LogP contribution in [0.4, 0.5) is 5.13 Å². The summed E-state index contributed by atoms with van der Waals surface area (Å²) in [4.78, 5) is 27.7. The Morgan fingerprint density at radius 2 is 2.32 bits per heavy atom. The van der Waals surface area contributed by atoms with Gasteiger partial charge in [-0.1, -0.05) is 11.3 Å². The molecule has 1 aromatic heterocycles. The van der Waals surface area contributed by atoms with E-state index in [2.05, 4.69) is 4.98 Å². The van der Waals surface area contributed by atoms with Crippen molar-refractivity contribution in [3.8, 4) is 0 Å². The zero-order chi connectivity index (χ0) is 14.2. The van der Waals surface area contributed by atoms with Crippen LogP contribution in [0.2, 0.25) is 0 Å². The molecule has 8 nitrogen and oxygen atoms in total. The van der Waals surface area contributed by atoms with Gasteiger partial charge in [0.25, 0.3) is 0 Å². The number of amides is 1. The minimum absolute atomic E-state index is 0.0256. The summed E-state index contributed by atoms with van der Waals surface area (Å²) in [6.45, 7) is 0.182. The number of primary sulfonamides is 1. The maximum Gasteiger partial charge on any atom is 0.347 e. The summed E-state index contributed by atoms with van der Waals surface area (Å²) < 4.78 is 22.0. The highest BCUT2D eigenvalue weighted by Gasteiger charge is 2.34. The van der Waals surface area contributed by atoms with E-state index in [9.17, 15) is 18.0 Å². The van der Waals surface area contributed by atoms with Crippen LogP contribution in [0.3, 0.4) is 0 Å². The van der Waals surface area contributed by atoms with Crippen molar-refractivity contribution in [2.75, 3.05) is 17.2 Å². The van der Waals surface area contributed by atoms with E-state index in [1.165, 1.54) is 11.1 Å². The molecule has 19 heavy (non-hydrogen) atoms. The van der Waals surface area contributed by atoms with Crippen molar-refractivity contribution in [1.29, 1.82) is 0 Å². The van der Waals surface area contributed by atoms with Gasteiger partial charge in [-0.25, -0.2) is 23.3 Å². The largest absolute Gasteiger partial charge is 0.477 e. The van der Waals surface area contributed by atoms with Gasteiger partial charge in [0.15, 0.2) is 5.13 Å². The molecule has 3 N–H and O–H groups in total. The van der Waals surface area contributed by atoms with Crippen molar-refractivity contribution in [3.63, 3.8) is 0 Å². The Labute approximate surface area is 112 Å². The smallest absolute Gasteiger partial charge is 0.347 e. The molecule has 0 saturated carbocycles. The van der Waals surface area contributed by atoms with Gasteiger partial charge in [-0.2, -0.15) is 0 Å². The molecule has 0 bridgehead atoms. The first kappa shape index (κ1) is 13.9. The lowest BCUT2D eigenvalue weighted by atomic mass is 10.1. The number of carbonyl (C=O) groups excluding carboxylic acids is 1. The van der Waals surface area contributed by atoms with Crippen molar-refractivity contribution in [1.82, 2.24) is 4.98 Å². The lowest BCUT2D eigenvalue weighted by Crippen LogP contribution is -2.27. The molecule has 1 saturated heterocycles. The number of carboxylic acids is 1. The van der Waals surface area contributed by atoms with E-state index in [1.807, 2.05) is 0 Å². The molecule has 0 spiro atoms. The molecular weight excluding hydrogens is 294 g/mol. The average molecular weight is 305 g/mol. The van der Waals surface area contributed by atoms with Gasteiger partial charge in [0.1, 0.15) is 4.88 Å². The Balaban J connectivity index is 2.13. The minimum Gasteiger partial charge on any atom is -0.477 e. The fourth-order valence-corrected chi connectivity index (χ4v) is 3.56. The normalized spacial score (nSPS) is 19.9. The number of carboxylic acid groups (broad SMARTS) is 1. The molecule has 1 unspecified atom stereocenters. The van der Waals surface area contributed by atoms with E-state index in [-0.39, 0.29) is 40.6 Å². The van der Waals surface area contributed by atoms with E-state index in [4.69, 9.17) is 10.2 Å². The van der Waals surface area contributed by atoms with Gasteiger partial charge in [-0.15, -0.1) is 0 Å². The van der Waals surface area contributed by atoms with Crippen LogP contribution in [0, 0.1) is 5.92 Å². The van der Waals surface area contributed by atoms with Gasteiger partial charge in [0.2, 0.25) is 15.9 Å². The summed E-state index contributed by atoms with van der Waals surface area (Å²) in [7, 11) is -3.63. The van der Waals surface area contributed by atoms with E-state index in [1.54, 1.807) is 0 Å². The van der Waals surface area contributed by atoms with Crippen LogP contribution in [0.25, 0.3) is 0 Å². The molecule has 1 atom stereocenters. The quantitative estimate of drug-likeness (QED) is 0.769. The fourth-order valence-electron chi connectivity index (χ4n) is 1.90. The van der Waals surface area contributed by atoms with E-state index < -0.39 is 16.0 Å². The van der Waals surface area contributed by atoms with Gasteiger partial charge >= 0.3 is 5.97 Å². The Morgan fingerprint density at radius 1 is 1.63 bits per heavy atom. The fraction of sp³-hybridized carbons (Fsp3) is 0.444. The summed E-state index contributed by atoms with van der Waals surface area (Å²) >= 11 is 0.876. The second-order valence-corrected chi connectivity index (χ2v) is 6.88. The van der Waals surface area contributed by atoms with Gasteiger partial charge in [-0.3, -0.25) is 9.69 Å². The zero-order valence-electron chi connectivity index (χ0n) is 9.64. The third-order valence-electron chi connectivity index (χ3n) is 2.61. The number of aromatic nitrogens is 1. The number of sulfonamides is 1. The molecule has 1 fully saturated rings. The number of nitrogens with zero attached hydrogens (tertiary/aromatic N) is 2. The van der Waals surface area contributed by atoms with Gasteiger partial charge in [-0.05, 0) is 0 Å². The van der Waals surface area contributed by atoms with Crippen molar-refractivity contribution < 1.29 is 23.1 Å². The van der Waals surface area contributed by atoms with Crippen molar-refractivity contribution in [3.05, 3.63) is 11.1 Å². The SMILES string of the molecule is NS(=O)(=O)CC1CC(=O)N(c2ncc(C(=O)O)s2)C1. The summed E-state index contributed by atoms with van der Waals surface area (Å²) in [6.07, 6.45) is 1.24. The molecule has 10 heteroatoms. The number of aromatic carboxylic acids is 1. The van der Waals surface area contributed by atoms with Crippen LogP contribution in [0.5, 0.6) is 0 Å². The lowest BCUT2D eigenvalue weighted by molar-refractivity contribution is -0.117. The maximum atomic E-state index is 11.8. The first-order chi connectivity index (χ1) is 8.76. The van der Waals surface area contributed by atoms with Gasteiger partial charge < -0.3 is 5.11 Å². The first-order valence-corrected chi connectivity index (χ1v) is 7.79. The van der Waals surface area contributed by atoms with Crippen LogP contribution in [0.1, 0.15) is 16.1 Å². The van der Waals surface area contributed by atoms with Crippen LogP contribution in [-0.2, 0) is 14.8 Å². The molecule has 1 aliphatic rings. The molecule has 1 amide bonds. The second kappa shape index (κ2) is 4.87. The molecule has 104 valence electrons. The summed E-state index contributed by atoms with van der Waals surface area (Å²) in [5.74, 6) is -2.05. The van der Waals surface area contributed by atoms with Gasteiger partial charge in [0.05, 0.1) is 11.9 Å². The molecule has 0 aliphatic carbocycles. The molecule has 2 rings (SSSR count). The monoisotopic (exact) mass is 305 g/mol. The standard InChI is InChI=1S/C9H11N3O5S2/c10-19(16,17)4-5-1-7(13)12(3-5)9-11-2-6(18-9)8(14)15/h2,5H,1,3-4H2,(H,14,15)(H2,10,16,17). The lowest BCUT2D eigenvalue weighted by Gasteiger charge is -2.12. The van der Waals surface area contributed by atoms with Gasteiger partial charge in [0, 0.05) is 18.9 Å². The summed E-state index contributed by atoms with van der Waals surface area (Å²) in [5.41, 5.74) is 0. The number of carbonyl (C=O) groups is 2. The Kier molecular flexibility index (Phi) is 3.56.